The predicted molar refractivity (Wildman–Crippen MR) is 75.4 cm³/mol. The van der Waals surface area contributed by atoms with Gasteiger partial charge in [0.25, 0.3) is 0 Å². The first-order valence-corrected chi connectivity index (χ1v) is 6.44. The summed E-state index contributed by atoms with van der Waals surface area (Å²) in [5.74, 6) is 0.876. The number of carbonyl (C=O) groups excluding carboxylic acids is 1. The Bertz CT molecular complexity index is 595. The molecule has 0 atom stereocenters. The van der Waals surface area contributed by atoms with Crippen molar-refractivity contribution in [3.63, 3.8) is 0 Å². The van der Waals surface area contributed by atoms with Crippen molar-refractivity contribution in [2.45, 2.75) is 6.42 Å². The van der Waals surface area contributed by atoms with Crippen molar-refractivity contribution in [1.82, 2.24) is 0 Å². The first-order chi connectivity index (χ1) is 9.40. The Morgan fingerprint density at radius 2 is 1.74 bits per heavy atom. The van der Waals surface area contributed by atoms with Gasteiger partial charge in [0.1, 0.15) is 5.75 Å². The average Bonchev–Trinajstić information content (AvgIpc) is 2.69. The number of aldehydes is 1. The van der Waals surface area contributed by atoms with Crippen LogP contribution in [0.4, 0.5) is 11.4 Å². The molecule has 19 heavy (non-hydrogen) atoms. The van der Waals surface area contributed by atoms with E-state index in [1.54, 1.807) is 0 Å². The van der Waals surface area contributed by atoms with Crippen LogP contribution >= 0.6 is 0 Å². The lowest BCUT2D eigenvalue weighted by Crippen LogP contribution is -2.19. The number of rotatable bonds is 2. The number of nitrogens with zero attached hydrogens (tertiary/aromatic N) is 1. The summed E-state index contributed by atoms with van der Waals surface area (Å²) in [5.41, 5.74) is 2.67. The number of para-hydroxylation sites is 3. The summed E-state index contributed by atoms with van der Waals surface area (Å²) in [6, 6.07) is 15.6. The van der Waals surface area contributed by atoms with Crippen LogP contribution in [-0.2, 0) is 0 Å². The fraction of sp³-hybridized carbons (Fsp3) is 0.188. The zero-order valence-corrected chi connectivity index (χ0v) is 10.6. The van der Waals surface area contributed by atoms with Gasteiger partial charge in [0.05, 0.1) is 18.0 Å². The summed E-state index contributed by atoms with van der Waals surface area (Å²) >= 11 is 0. The molecule has 2 aromatic carbocycles. The highest BCUT2D eigenvalue weighted by atomic mass is 16.5. The summed E-state index contributed by atoms with van der Waals surface area (Å²) < 4.78 is 5.74. The van der Waals surface area contributed by atoms with Crippen molar-refractivity contribution >= 4 is 17.7 Å². The Labute approximate surface area is 112 Å². The van der Waals surface area contributed by atoms with Crippen molar-refractivity contribution in [3.05, 3.63) is 54.1 Å². The molecule has 0 unspecified atom stereocenters. The van der Waals surface area contributed by atoms with Crippen molar-refractivity contribution in [2.75, 3.05) is 18.1 Å². The molecule has 0 spiro atoms. The SMILES string of the molecule is O=Cc1ccccc1N1CCCOc2ccccc21. The standard InChI is InChI=1S/C16H15NO2/c18-12-13-6-1-2-7-14(13)17-10-5-11-19-16-9-4-3-8-15(16)17/h1-4,6-9,12H,5,10-11H2. The predicted octanol–water partition coefficient (Wildman–Crippen LogP) is 3.42. The Hall–Kier alpha value is -2.29. The van der Waals surface area contributed by atoms with E-state index in [2.05, 4.69) is 4.90 Å². The largest absolute Gasteiger partial charge is 0.491 e. The van der Waals surface area contributed by atoms with E-state index in [0.29, 0.717) is 12.2 Å². The number of anilines is 2. The van der Waals surface area contributed by atoms with Gasteiger partial charge in [-0.25, -0.2) is 0 Å². The molecular weight excluding hydrogens is 238 g/mol. The summed E-state index contributed by atoms with van der Waals surface area (Å²) in [7, 11) is 0. The molecule has 0 aromatic heterocycles. The van der Waals surface area contributed by atoms with E-state index in [4.69, 9.17) is 4.74 Å². The number of benzene rings is 2. The normalized spacial score (nSPS) is 14.2. The van der Waals surface area contributed by atoms with Gasteiger partial charge < -0.3 is 9.64 Å². The van der Waals surface area contributed by atoms with Crippen molar-refractivity contribution in [3.8, 4) is 5.75 Å². The van der Waals surface area contributed by atoms with Crippen molar-refractivity contribution in [1.29, 1.82) is 0 Å². The maximum atomic E-state index is 11.2. The van der Waals surface area contributed by atoms with E-state index in [9.17, 15) is 4.79 Å². The van der Waals surface area contributed by atoms with Crippen LogP contribution in [0.25, 0.3) is 0 Å². The molecule has 0 amide bonds. The average molecular weight is 253 g/mol. The van der Waals surface area contributed by atoms with Crippen molar-refractivity contribution < 1.29 is 9.53 Å². The highest BCUT2D eigenvalue weighted by molar-refractivity contribution is 5.87. The lowest BCUT2D eigenvalue weighted by atomic mass is 10.1. The molecule has 3 nitrogen and oxygen atoms in total. The van der Waals surface area contributed by atoms with E-state index < -0.39 is 0 Å². The Kier molecular flexibility index (Phi) is 3.19. The lowest BCUT2D eigenvalue weighted by molar-refractivity contribution is 0.112. The molecule has 1 aliphatic heterocycles. The van der Waals surface area contributed by atoms with Gasteiger partial charge >= 0.3 is 0 Å². The van der Waals surface area contributed by atoms with Gasteiger partial charge in [-0.1, -0.05) is 24.3 Å². The molecule has 0 radical (unpaired) electrons. The van der Waals surface area contributed by atoms with Crippen LogP contribution in [0.1, 0.15) is 16.8 Å². The molecule has 3 rings (SSSR count). The summed E-state index contributed by atoms with van der Waals surface area (Å²) in [5, 5.41) is 0. The molecule has 3 heteroatoms. The van der Waals surface area contributed by atoms with Gasteiger partial charge in [-0.05, 0) is 30.7 Å². The zero-order valence-electron chi connectivity index (χ0n) is 10.6. The molecule has 0 bridgehead atoms. The Morgan fingerprint density at radius 3 is 2.58 bits per heavy atom. The summed E-state index contributed by atoms with van der Waals surface area (Å²) in [6.07, 6.45) is 1.84. The van der Waals surface area contributed by atoms with Crippen LogP contribution < -0.4 is 9.64 Å². The fourth-order valence-electron chi connectivity index (χ4n) is 2.41. The summed E-state index contributed by atoms with van der Waals surface area (Å²) in [6.45, 7) is 1.55. The van der Waals surface area contributed by atoms with Crippen LogP contribution in [0.2, 0.25) is 0 Å². The highest BCUT2D eigenvalue weighted by Gasteiger charge is 2.19. The monoisotopic (exact) mass is 253 g/mol. The van der Waals surface area contributed by atoms with Gasteiger partial charge in [-0.15, -0.1) is 0 Å². The van der Waals surface area contributed by atoms with Gasteiger partial charge in [0.15, 0.2) is 6.29 Å². The maximum Gasteiger partial charge on any atom is 0.152 e. The van der Waals surface area contributed by atoms with Crippen LogP contribution in [0, 0.1) is 0 Å². The highest BCUT2D eigenvalue weighted by Crippen LogP contribution is 2.36. The fourth-order valence-corrected chi connectivity index (χ4v) is 2.41. The first-order valence-electron chi connectivity index (χ1n) is 6.44. The van der Waals surface area contributed by atoms with E-state index in [1.807, 2.05) is 48.5 Å². The van der Waals surface area contributed by atoms with Crippen molar-refractivity contribution in [2.24, 2.45) is 0 Å². The van der Waals surface area contributed by atoms with Crippen LogP contribution in [-0.4, -0.2) is 19.4 Å². The van der Waals surface area contributed by atoms with Crippen LogP contribution in [0.3, 0.4) is 0 Å². The van der Waals surface area contributed by atoms with Crippen LogP contribution in [0.15, 0.2) is 48.5 Å². The number of hydrogen-bond donors (Lipinski definition) is 0. The van der Waals surface area contributed by atoms with E-state index in [-0.39, 0.29) is 0 Å². The second kappa shape index (κ2) is 5.14. The molecule has 0 saturated carbocycles. The third-order valence-corrected chi connectivity index (χ3v) is 3.29. The quantitative estimate of drug-likeness (QED) is 0.768. The van der Waals surface area contributed by atoms with E-state index >= 15 is 0 Å². The van der Waals surface area contributed by atoms with Gasteiger partial charge in [0.2, 0.25) is 0 Å². The minimum atomic E-state index is 0.705. The number of hydrogen-bond acceptors (Lipinski definition) is 3. The molecular formula is C16H15NO2. The van der Waals surface area contributed by atoms with Gasteiger partial charge in [-0.3, -0.25) is 4.79 Å². The van der Waals surface area contributed by atoms with Crippen LogP contribution in [0.5, 0.6) is 5.75 Å². The molecule has 2 aromatic rings. The molecule has 0 saturated heterocycles. The van der Waals surface area contributed by atoms with Gasteiger partial charge in [-0.2, -0.15) is 0 Å². The Morgan fingerprint density at radius 1 is 1.00 bits per heavy atom. The molecule has 0 fully saturated rings. The Balaban J connectivity index is 2.12. The topological polar surface area (TPSA) is 29.5 Å². The maximum absolute atomic E-state index is 11.2. The second-order valence-electron chi connectivity index (χ2n) is 4.50. The smallest absolute Gasteiger partial charge is 0.152 e. The van der Waals surface area contributed by atoms with Gasteiger partial charge in [0, 0.05) is 12.1 Å². The number of ether oxygens (including phenoxy) is 1. The van der Waals surface area contributed by atoms with E-state index in [0.717, 1.165) is 36.4 Å². The minimum absolute atomic E-state index is 0.705. The third kappa shape index (κ3) is 2.19. The molecule has 0 aliphatic carbocycles. The number of carbonyl (C=O) groups is 1. The first kappa shape index (κ1) is 11.8. The zero-order chi connectivity index (χ0) is 13.1. The third-order valence-electron chi connectivity index (χ3n) is 3.29. The van der Waals surface area contributed by atoms with E-state index in [1.165, 1.54) is 0 Å². The summed E-state index contributed by atoms with van der Waals surface area (Å²) in [4.78, 5) is 13.4. The number of fused-ring (bicyclic) bond motifs is 1. The molecule has 0 N–H and O–H groups in total. The molecule has 96 valence electrons. The minimum Gasteiger partial charge on any atom is -0.491 e. The lowest BCUT2D eigenvalue weighted by Gasteiger charge is -2.25. The molecule has 1 aliphatic rings. The molecule has 1 heterocycles. The second-order valence-corrected chi connectivity index (χ2v) is 4.50.